The summed E-state index contributed by atoms with van der Waals surface area (Å²) in [4.78, 5) is 20.6. The number of benzene rings is 1. The van der Waals surface area contributed by atoms with E-state index in [9.17, 15) is 4.79 Å². The van der Waals surface area contributed by atoms with Gasteiger partial charge in [-0.15, -0.1) is 0 Å². The van der Waals surface area contributed by atoms with Gasteiger partial charge in [0.1, 0.15) is 6.04 Å². The number of hydrogen-bond donors (Lipinski definition) is 1. The molecule has 3 fully saturated rings. The Balaban J connectivity index is 1.44. The van der Waals surface area contributed by atoms with E-state index in [0.29, 0.717) is 18.1 Å². The zero-order valence-corrected chi connectivity index (χ0v) is 16.8. The smallest absolute Gasteiger partial charge is 0.242 e. The molecule has 0 radical (unpaired) electrons. The zero-order valence-electron chi connectivity index (χ0n) is 16.8. The summed E-state index contributed by atoms with van der Waals surface area (Å²) in [7, 11) is 2.22. The Kier molecular flexibility index (Phi) is 5.81. The van der Waals surface area contributed by atoms with Gasteiger partial charge in [0.2, 0.25) is 5.91 Å². The molecule has 1 aromatic carbocycles. The second-order valence-corrected chi connectivity index (χ2v) is 8.71. The molecular weight excluding hydrogens is 336 g/mol. The van der Waals surface area contributed by atoms with E-state index < -0.39 is 0 Å². The van der Waals surface area contributed by atoms with E-state index in [1.165, 1.54) is 25.9 Å². The lowest BCUT2D eigenvalue weighted by molar-refractivity contribution is -0.128. The predicted octanol–water partition coefficient (Wildman–Crippen LogP) is 2.11. The number of nitrogens with zero attached hydrogens (tertiary/aromatic N) is 3. The first kappa shape index (κ1) is 18.9. The Morgan fingerprint density at radius 1 is 1.04 bits per heavy atom. The monoisotopic (exact) mass is 370 g/mol. The summed E-state index contributed by atoms with van der Waals surface area (Å²) >= 11 is 0. The fraction of sp³-hybridized carbons (Fsp3) is 0.682. The molecule has 0 bridgehead atoms. The highest BCUT2D eigenvalue weighted by Gasteiger charge is 2.37. The van der Waals surface area contributed by atoms with Crippen LogP contribution in [0, 0.1) is 0 Å². The highest BCUT2D eigenvalue weighted by atomic mass is 16.2. The van der Waals surface area contributed by atoms with Gasteiger partial charge < -0.3 is 10.2 Å². The van der Waals surface area contributed by atoms with Crippen molar-refractivity contribution in [1.29, 1.82) is 0 Å². The number of amides is 1. The number of nitrogens with one attached hydrogen (secondary N) is 1. The van der Waals surface area contributed by atoms with Crippen LogP contribution < -0.4 is 5.32 Å². The molecule has 0 aromatic heterocycles. The van der Waals surface area contributed by atoms with Crippen LogP contribution in [0.5, 0.6) is 0 Å². The summed E-state index contributed by atoms with van der Waals surface area (Å²) in [6, 6.07) is 11.8. The van der Waals surface area contributed by atoms with Crippen LogP contribution in [0.4, 0.5) is 0 Å². The number of piperidine rings is 1. The van der Waals surface area contributed by atoms with Crippen molar-refractivity contribution in [3.63, 3.8) is 0 Å². The SMILES string of the molecule is C[C@H]1CN([C@H](C(=O)NC2CC2)c2ccccc2)CCN1C1CCN(C)CC1. The second-order valence-electron chi connectivity index (χ2n) is 8.71. The van der Waals surface area contributed by atoms with Crippen molar-refractivity contribution in [2.24, 2.45) is 0 Å². The van der Waals surface area contributed by atoms with Crippen molar-refractivity contribution in [1.82, 2.24) is 20.0 Å². The van der Waals surface area contributed by atoms with Crippen molar-refractivity contribution < 1.29 is 4.79 Å². The topological polar surface area (TPSA) is 38.8 Å². The van der Waals surface area contributed by atoms with E-state index in [4.69, 9.17) is 0 Å². The van der Waals surface area contributed by atoms with Crippen LogP contribution in [0.2, 0.25) is 0 Å². The second kappa shape index (κ2) is 8.29. The molecule has 5 nitrogen and oxygen atoms in total. The minimum absolute atomic E-state index is 0.158. The van der Waals surface area contributed by atoms with E-state index >= 15 is 0 Å². The van der Waals surface area contributed by atoms with Crippen LogP contribution in [0.15, 0.2) is 30.3 Å². The zero-order chi connectivity index (χ0) is 18.8. The standard InChI is InChI=1S/C22H34N4O/c1-17-16-25(14-15-26(17)20-10-12-24(2)13-11-20)21(18-6-4-3-5-7-18)22(27)23-19-8-9-19/h3-7,17,19-21H,8-16H2,1-2H3,(H,23,27)/t17-,21-/m0/s1. The minimum Gasteiger partial charge on any atom is -0.352 e. The van der Waals surface area contributed by atoms with Gasteiger partial charge in [0.05, 0.1) is 0 Å². The molecule has 1 aromatic rings. The van der Waals surface area contributed by atoms with E-state index in [1.807, 2.05) is 18.2 Å². The van der Waals surface area contributed by atoms with Gasteiger partial charge in [0, 0.05) is 37.8 Å². The fourth-order valence-electron chi connectivity index (χ4n) is 4.77. The van der Waals surface area contributed by atoms with Crippen molar-refractivity contribution in [2.75, 3.05) is 39.8 Å². The molecule has 0 unspecified atom stereocenters. The largest absolute Gasteiger partial charge is 0.352 e. The van der Waals surface area contributed by atoms with E-state index in [0.717, 1.165) is 38.0 Å². The van der Waals surface area contributed by atoms with Crippen LogP contribution in [0.25, 0.3) is 0 Å². The number of hydrogen-bond acceptors (Lipinski definition) is 4. The Labute approximate surface area is 163 Å². The third-order valence-corrected chi connectivity index (χ3v) is 6.52. The summed E-state index contributed by atoms with van der Waals surface area (Å²) in [5.41, 5.74) is 1.12. The number of carbonyl (C=O) groups is 1. The van der Waals surface area contributed by atoms with Crippen LogP contribution in [-0.2, 0) is 4.79 Å². The molecule has 2 aliphatic heterocycles. The Morgan fingerprint density at radius 3 is 2.37 bits per heavy atom. The third-order valence-electron chi connectivity index (χ3n) is 6.52. The van der Waals surface area contributed by atoms with Gasteiger partial charge in [0.15, 0.2) is 0 Å². The molecule has 2 atom stereocenters. The molecule has 1 saturated carbocycles. The van der Waals surface area contributed by atoms with Crippen molar-refractivity contribution in [3.05, 3.63) is 35.9 Å². The quantitative estimate of drug-likeness (QED) is 0.862. The van der Waals surface area contributed by atoms with Crippen LogP contribution in [-0.4, -0.2) is 78.5 Å². The van der Waals surface area contributed by atoms with Gasteiger partial charge >= 0.3 is 0 Å². The molecule has 1 aliphatic carbocycles. The van der Waals surface area contributed by atoms with E-state index in [1.54, 1.807) is 0 Å². The van der Waals surface area contributed by atoms with E-state index in [-0.39, 0.29) is 11.9 Å². The lowest BCUT2D eigenvalue weighted by Gasteiger charge is -2.47. The molecule has 27 heavy (non-hydrogen) atoms. The molecular formula is C22H34N4O. The number of likely N-dealkylation sites (tertiary alicyclic amines) is 1. The van der Waals surface area contributed by atoms with Crippen LogP contribution >= 0.6 is 0 Å². The van der Waals surface area contributed by atoms with Crippen LogP contribution in [0.1, 0.15) is 44.2 Å². The maximum absolute atomic E-state index is 13.0. The first-order valence-electron chi connectivity index (χ1n) is 10.7. The maximum atomic E-state index is 13.0. The lowest BCUT2D eigenvalue weighted by atomic mass is 9.98. The van der Waals surface area contributed by atoms with E-state index in [2.05, 4.69) is 46.1 Å². The summed E-state index contributed by atoms with van der Waals surface area (Å²) < 4.78 is 0. The van der Waals surface area contributed by atoms with Gasteiger partial charge in [0.25, 0.3) is 0 Å². The normalized spacial score (nSPS) is 27.4. The molecule has 1 N–H and O–H groups in total. The summed E-state index contributed by atoms with van der Waals surface area (Å²) in [5.74, 6) is 0.184. The fourth-order valence-corrected chi connectivity index (χ4v) is 4.77. The molecule has 148 valence electrons. The number of rotatable bonds is 5. The van der Waals surface area contributed by atoms with Gasteiger partial charge in [-0.05, 0) is 58.3 Å². The minimum atomic E-state index is -0.158. The van der Waals surface area contributed by atoms with Gasteiger partial charge in [-0.3, -0.25) is 14.6 Å². The molecule has 0 spiro atoms. The lowest BCUT2D eigenvalue weighted by Crippen LogP contribution is -2.59. The van der Waals surface area contributed by atoms with Crippen molar-refractivity contribution in [3.8, 4) is 0 Å². The average molecular weight is 371 g/mol. The summed E-state index contributed by atoms with van der Waals surface area (Å²) in [6.07, 6.45) is 4.80. The molecule has 1 amide bonds. The molecule has 2 heterocycles. The molecule has 5 heteroatoms. The summed E-state index contributed by atoms with van der Waals surface area (Å²) in [5, 5.41) is 3.24. The predicted molar refractivity (Wildman–Crippen MR) is 109 cm³/mol. The number of carbonyl (C=O) groups excluding carboxylic acids is 1. The van der Waals surface area contributed by atoms with Gasteiger partial charge in [-0.1, -0.05) is 30.3 Å². The third kappa shape index (κ3) is 4.53. The number of piperazine rings is 1. The Morgan fingerprint density at radius 2 is 1.74 bits per heavy atom. The average Bonchev–Trinajstić information content (AvgIpc) is 3.48. The van der Waals surface area contributed by atoms with Crippen LogP contribution in [0.3, 0.4) is 0 Å². The van der Waals surface area contributed by atoms with Crippen molar-refractivity contribution in [2.45, 2.75) is 56.8 Å². The first-order chi connectivity index (χ1) is 13.1. The van der Waals surface area contributed by atoms with Crippen molar-refractivity contribution >= 4 is 5.91 Å². The summed E-state index contributed by atoms with van der Waals surface area (Å²) in [6.45, 7) is 7.74. The highest BCUT2D eigenvalue weighted by Crippen LogP contribution is 2.29. The molecule has 4 rings (SSSR count). The Bertz CT molecular complexity index is 624. The van der Waals surface area contributed by atoms with Gasteiger partial charge in [-0.25, -0.2) is 0 Å². The van der Waals surface area contributed by atoms with Gasteiger partial charge in [-0.2, -0.15) is 0 Å². The highest BCUT2D eigenvalue weighted by molar-refractivity contribution is 5.83. The first-order valence-corrected chi connectivity index (χ1v) is 10.7. The molecule has 3 aliphatic rings. The molecule has 2 saturated heterocycles. The maximum Gasteiger partial charge on any atom is 0.242 e. The Hall–Kier alpha value is -1.43.